The van der Waals surface area contributed by atoms with Gasteiger partial charge < -0.3 is 19.2 Å². The van der Waals surface area contributed by atoms with Crippen LogP contribution in [0.2, 0.25) is 0 Å². The Labute approximate surface area is 176 Å². The third kappa shape index (κ3) is 5.63. The SMILES string of the molecule is O=C(O)C(F)(F)F.O=C(c1ccco1)N1C[C@H]2CCC[C@@]2(COCc2ccccn2)C1. The van der Waals surface area contributed by atoms with E-state index >= 15 is 0 Å². The number of carboxylic acids is 1. The van der Waals surface area contributed by atoms with Gasteiger partial charge in [-0.1, -0.05) is 12.5 Å². The third-order valence-corrected chi connectivity index (χ3v) is 5.67. The lowest BCUT2D eigenvalue weighted by Crippen LogP contribution is -2.34. The van der Waals surface area contributed by atoms with Gasteiger partial charge in [0.25, 0.3) is 5.91 Å². The minimum Gasteiger partial charge on any atom is -0.475 e. The first-order valence-electron chi connectivity index (χ1n) is 9.82. The number of alkyl halides is 3. The summed E-state index contributed by atoms with van der Waals surface area (Å²) in [4.78, 5) is 27.7. The molecule has 1 N–H and O–H groups in total. The van der Waals surface area contributed by atoms with Gasteiger partial charge in [-0.2, -0.15) is 13.2 Å². The Hall–Kier alpha value is -2.88. The molecule has 0 radical (unpaired) electrons. The molecule has 3 heterocycles. The number of amides is 1. The summed E-state index contributed by atoms with van der Waals surface area (Å²) in [5.41, 5.74) is 1.04. The first-order valence-corrected chi connectivity index (χ1v) is 9.82. The fourth-order valence-corrected chi connectivity index (χ4v) is 4.20. The van der Waals surface area contributed by atoms with Crippen LogP contribution in [0.3, 0.4) is 0 Å². The summed E-state index contributed by atoms with van der Waals surface area (Å²) in [5.74, 6) is -1.80. The molecule has 1 saturated heterocycles. The first kappa shape index (κ1) is 22.8. The largest absolute Gasteiger partial charge is 0.490 e. The van der Waals surface area contributed by atoms with Gasteiger partial charge in [-0.25, -0.2) is 4.79 Å². The van der Waals surface area contributed by atoms with Crippen molar-refractivity contribution in [2.24, 2.45) is 11.3 Å². The lowest BCUT2D eigenvalue weighted by molar-refractivity contribution is -0.192. The van der Waals surface area contributed by atoms with E-state index < -0.39 is 12.1 Å². The summed E-state index contributed by atoms with van der Waals surface area (Å²) in [7, 11) is 0. The molecule has 4 rings (SSSR count). The maximum atomic E-state index is 12.6. The average molecular weight is 440 g/mol. The van der Waals surface area contributed by atoms with Crippen LogP contribution in [-0.4, -0.2) is 52.7 Å². The highest BCUT2D eigenvalue weighted by Gasteiger charge is 2.51. The Balaban J connectivity index is 0.000000339. The zero-order valence-electron chi connectivity index (χ0n) is 16.7. The number of likely N-dealkylation sites (tertiary alicyclic amines) is 1. The van der Waals surface area contributed by atoms with Gasteiger partial charge in [0.1, 0.15) is 0 Å². The van der Waals surface area contributed by atoms with E-state index in [1.54, 1.807) is 24.6 Å². The number of halogens is 3. The van der Waals surface area contributed by atoms with Crippen LogP contribution in [0.25, 0.3) is 0 Å². The summed E-state index contributed by atoms with van der Waals surface area (Å²) < 4.78 is 43.0. The molecule has 1 aliphatic heterocycles. The Morgan fingerprint density at radius 1 is 1.29 bits per heavy atom. The van der Waals surface area contributed by atoms with Gasteiger partial charge in [0.05, 0.1) is 25.2 Å². The molecule has 0 aromatic carbocycles. The van der Waals surface area contributed by atoms with Crippen molar-refractivity contribution in [3.05, 3.63) is 54.2 Å². The number of furan rings is 1. The van der Waals surface area contributed by atoms with Gasteiger partial charge in [-0.05, 0) is 43.0 Å². The molecule has 10 heteroatoms. The molecule has 1 saturated carbocycles. The molecule has 1 amide bonds. The van der Waals surface area contributed by atoms with Crippen LogP contribution < -0.4 is 0 Å². The lowest BCUT2D eigenvalue weighted by Gasteiger charge is -2.28. The molecule has 1 aliphatic carbocycles. The summed E-state index contributed by atoms with van der Waals surface area (Å²) in [6.07, 6.45) is 1.78. The van der Waals surface area contributed by atoms with Crippen molar-refractivity contribution in [1.29, 1.82) is 0 Å². The van der Waals surface area contributed by atoms with Crippen molar-refractivity contribution in [2.75, 3.05) is 19.7 Å². The number of aromatic nitrogens is 1. The lowest BCUT2D eigenvalue weighted by atomic mass is 9.81. The highest BCUT2D eigenvalue weighted by Crippen LogP contribution is 2.49. The molecule has 2 atom stereocenters. The Morgan fingerprint density at radius 3 is 2.68 bits per heavy atom. The predicted molar refractivity (Wildman–Crippen MR) is 102 cm³/mol. The van der Waals surface area contributed by atoms with Gasteiger partial charge in [-0.3, -0.25) is 9.78 Å². The predicted octanol–water partition coefficient (Wildman–Crippen LogP) is 3.77. The molecule has 0 bridgehead atoms. The Kier molecular flexibility index (Phi) is 6.99. The maximum Gasteiger partial charge on any atom is 0.490 e. The smallest absolute Gasteiger partial charge is 0.475 e. The zero-order valence-corrected chi connectivity index (χ0v) is 16.7. The fourth-order valence-electron chi connectivity index (χ4n) is 4.20. The number of carbonyl (C=O) groups excluding carboxylic acids is 1. The molecule has 2 aliphatic rings. The number of rotatable bonds is 5. The fraction of sp³-hybridized carbons (Fsp3) is 0.476. The average Bonchev–Trinajstić information content (AvgIpc) is 3.44. The molecule has 168 valence electrons. The van der Waals surface area contributed by atoms with Crippen molar-refractivity contribution in [1.82, 2.24) is 9.88 Å². The van der Waals surface area contributed by atoms with Gasteiger partial charge in [-0.15, -0.1) is 0 Å². The highest BCUT2D eigenvalue weighted by atomic mass is 19.4. The van der Waals surface area contributed by atoms with Gasteiger partial charge in [0, 0.05) is 24.7 Å². The van der Waals surface area contributed by atoms with Crippen molar-refractivity contribution in [2.45, 2.75) is 32.0 Å². The molecule has 0 unspecified atom stereocenters. The van der Waals surface area contributed by atoms with Crippen LogP contribution in [-0.2, 0) is 16.1 Å². The molecule has 7 nitrogen and oxygen atoms in total. The van der Waals surface area contributed by atoms with Gasteiger partial charge >= 0.3 is 12.1 Å². The number of nitrogens with zero attached hydrogens (tertiary/aromatic N) is 2. The number of ether oxygens (including phenoxy) is 1. The van der Waals surface area contributed by atoms with Gasteiger partial charge in [0.15, 0.2) is 5.76 Å². The summed E-state index contributed by atoms with van der Waals surface area (Å²) in [6.45, 7) is 2.80. The number of pyridine rings is 1. The minimum atomic E-state index is -5.08. The quantitative estimate of drug-likeness (QED) is 0.761. The number of hydrogen-bond donors (Lipinski definition) is 1. The topological polar surface area (TPSA) is 92.9 Å². The van der Waals surface area contributed by atoms with E-state index in [0.717, 1.165) is 25.2 Å². The summed E-state index contributed by atoms with van der Waals surface area (Å²) in [6, 6.07) is 9.35. The van der Waals surface area contributed by atoms with Crippen molar-refractivity contribution >= 4 is 11.9 Å². The van der Waals surface area contributed by atoms with Gasteiger partial charge in [0.2, 0.25) is 0 Å². The standard InChI is InChI=1S/C19H22N2O3.C2HF3O2/c22-18(17-7-4-10-24-17)21-11-15-5-3-8-19(15,13-21)14-23-12-16-6-1-2-9-20-16;3-2(4,5)1(6)7/h1-2,4,6-7,9-10,15H,3,5,8,11-14H2;(H,6,7)/t15-,19+;/m1./s1. The Morgan fingerprint density at radius 2 is 2.06 bits per heavy atom. The van der Waals surface area contributed by atoms with E-state index in [-0.39, 0.29) is 11.3 Å². The molecule has 2 aromatic heterocycles. The molecule has 2 fully saturated rings. The third-order valence-electron chi connectivity index (χ3n) is 5.67. The van der Waals surface area contributed by atoms with Crippen LogP contribution in [0.5, 0.6) is 0 Å². The van der Waals surface area contributed by atoms with Crippen LogP contribution in [0.4, 0.5) is 13.2 Å². The Bertz CT molecular complexity index is 873. The second-order valence-corrected chi connectivity index (χ2v) is 7.73. The zero-order chi connectivity index (χ0) is 22.5. The number of aliphatic carboxylic acids is 1. The minimum absolute atomic E-state index is 0.00139. The molecule has 31 heavy (non-hydrogen) atoms. The number of carboxylic acid groups (broad SMARTS) is 1. The van der Waals surface area contributed by atoms with Crippen molar-refractivity contribution in [3.63, 3.8) is 0 Å². The van der Waals surface area contributed by atoms with Crippen LogP contribution in [0.1, 0.15) is 35.5 Å². The molecule has 2 aromatic rings. The van der Waals surface area contributed by atoms with Crippen LogP contribution in [0, 0.1) is 11.3 Å². The van der Waals surface area contributed by atoms with E-state index in [4.69, 9.17) is 19.1 Å². The second kappa shape index (κ2) is 9.51. The normalized spacial score (nSPS) is 22.5. The van der Waals surface area contributed by atoms with E-state index in [0.29, 0.717) is 24.9 Å². The number of carbonyl (C=O) groups is 2. The first-order chi connectivity index (χ1) is 14.7. The van der Waals surface area contributed by atoms with E-state index in [9.17, 15) is 18.0 Å². The maximum absolute atomic E-state index is 12.6. The monoisotopic (exact) mass is 440 g/mol. The number of fused-ring (bicyclic) bond motifs is 1. The van der Waals surface area contributed by atoms with Crippen molar-refractivity contribution < 1.29 is 37.0 Å². The molecular formula is C21H23F3N2O5. The van der Waals surface area contributed by atoms with Crippen LogP contribution in [0.15, 0.2) is 47.2 Å². The van der Waals surface area contributed by atoms with E-state index in [1.165, 1.54) is 12.8 Å². The van der Waals surface area contributed by atoms with E-state index in [1.807, 2.05) is 23.1 Å². The summed E-state index contributed by atoms with van der Waals surface area (Å²) >= 11 is 0. The van der Waals surface area contributed by atoms with Crippen LogP contribution >= 0.6 is 0 Å². The molecular weight excluding hydrogens is 417 g/mol. The number of hydrogen-bond acceptors (Lipinski definition) is 5. The van der Waals surface area contributed by atoms with E-state index in [2.05, 4.69) is 4.98 Å². The van der Waals surface area contributed by atoms with Crippen molar-refractivity contribution in [3.8, 4) is 0 Å². The highest BCUT2D eigenvalue weighted by molar-refractivity contribution is 5.91. The second-order valence-electron chi connectivity index (χ2n) is 7.73. The summed E-state index contributed by atoms with van der Waals surface area (Å²) in [5, 5.41) is 7.12. The molecule has 0 spiro atoms.